The molecule has 1 amide bonds. The highest BCUT2D eigenvalue weighted by molar-refractivity contribution is 6.74. The van der Waals surface area contributed by atoms with Crippen molar-refractivity contribution in [1.82, 2.24) is 4.90 Å². The van der Waals surface area contributed by atoms with Crippen molar-refractivity contribution in [2.24, 2.45) is 0 Å². The van der Waals surface area contributed by atoms with Gasteiger partial charge < -0.3 is 9.53 Å². The van der Waals surface area contributed by atoms with Crippen LogP contribution >= 0.6 is 0 Å². The monoisotopic (exact) mass is 445 g/mol. The van der Waals surface area contributed by atoms with Gasteiger partial charge in [-0.1, -0.05) is 57.2 Å². The van der Waals surface area contributed by atoms with Gasteiger partial charge in [-0.05, 0) is 56.1 Å². The zero-order valence-corrected chi connectivity index (χ0v) is 21.0. The molecule has 0 aliphatic carbocycles. The Labute approximate surface area is 187 Å². The van der Waals surface area contributed by atoms with Gasteiger partial charge in [-0.15, -0.1) is 0 Å². The number of carboxylic acid groups (broad SMARTS) is 1. The quantitative estimate of drug-likeness (QED) is 0.475. The summed E-state index contributed by atoms with van der Waals surface area (Å²) in [7, 11) is -1.89. The molecule has 0 aliphatic heterocycles. The summed E-state index contributed by atoms with van der Waals surface area (Å²) in [6, 6.07) is 12.9. The predicted molar refractivity (Wildman–Crippen MR) is 127 cm³/mol. The van der Waals surface area contributed by atoms with Crippen molar-refractivity contribution in [1.29, 1.82) is 0 Å². The Morgan fingerprint density at radius 3 is 2.23 bits per heavy atom. The van der Waals surface area contributed by atoms with Crippen molar-refractivity contribution in [2.75, 3.05) is 0 Å². The average Bonchev–Trinajstić information content (AvgIpc) is 2.63. The molecule has 2 aromatic carbocycles. The lowest BCUT2D eigenvalue weighted by atomic mass is 9.99. The fraction of sp³-hybridized carbons (Fsp3) is 0.480. The third kappa shape index (κ3) is 6.17. The maximum atomic E-state index is 15.4. The Hall–Kier alpha value is -2.18. The van der Waals surface area contributed by atoms with Crippen molar-refractivity contribution in [3.05, 3.63) is 59.4 Å². The number of hydrogen-bond donors (Lipinski definition) is 1. The Morgan fingerprint density at radius 2 is 1.68 bits per heavy atom. The van der Waals surface area contributed by atoms with Gasteiger partial charge in [-0.2, -0.15) is 0 Å². The maximum Gasteiger partial charge on any atom is 0.408 e. The predicted octanol–water partition coefficient (Wildman–Crippen LogP) is 7.29. The molecule has 0 saturated heterocycles. The molecule has 0 aromatic heterocycles. The summed E-state index contributed by atoms with van der Waals surface area (Å²) in [5, 5.41) is 9.68. The Bertz CT molecular complexity index is 929. The molecule has 1 N–H and O–H groups in total. The van der Waals surface area contributed by atoms with Gasteiger partial charge in [0.15, 0.2) is 8.32 Å². The molecule has 2 aromatic rings. The first-order chi connectivity index (χ1) is 14.1. The minimum absolute atomic E-state index is 0.00726. The molecule has 31 heavy (non-hydrogen) atoms. The highest BCUT2D eigenvalue weighted by atomic mass is 28.4. The molecule has 6 heteroatoms. The van der Waals surface area contributed by atoms with Gasteiger partial charge >= 0.3 is 6.09 Å². The van der Waals surface area contributed by atoms with Crippen molar-refractivity contribution >= 4 is 14.4 Å². The highest BCUT2D eigenvalue weighted by Gasteiger charge is 2.37. The minimum Gasteiger partial charge on any atom is -0.465 e. The van der Waals surface area contributed by atoms with E-state index in [1.807, 2.05) is 24.3 Å². The van der Waals surface area contributed by atoms with Crippen molar-refractivity contribution in [3.63, 3.8) is 0 Å². The van der Waals surface area contributed by atoms with Crippen LogP contribution in [-0.4, -0.2) is 30.0 Å². The highest BCUT2D eigenvalue weighted by Crippen LogP contribution is 2.37. The second-order valence-corrected chi connectivity index (χ2v) is 15.4. The van der Waals surface area contributed by atoms with Crippen LogP contribution in [-0.2, 0) is 17.6 Å². The van der Waals surface area contributed by atoms with Gasteiger partial charge in [-0.3, -0.25) is 4.90 Å². The fourth-order valence-electron chi connectivity index (χ4n) is 3.00. The van der Waals surface area contributed by atoms with Gasteiger partial charge in [-0.25, -0.2) is 9.18 Å². The normalized spacial score (nSPS) is 12.7. The number of nitrogens with zero attached hydrogens (tertiary/aromatic N) is 1. The lowest BCUT2D eigenvalue weighted by Crippen LogP contribution is -2.44. The second-order valence-electron chi connectivity index (χ2n) is 10.6. The summed E-state index contributed by atoms with van der Waals surface area (Å²) in [5.74, 6) is -0.388. The molecule has 0 aliphatic rings. The first-order valence-electron chi connectivity index (χ1n) is 10.6. The molecule has 2 rings (SSSR count). The van der Waals surface area contributed by atoms with E-state index in [4.69, 9.17) is 4.43 Å². The summed E-state index contributed by atoms with van der Waals surface area (Å²) >= 11 is 0. The third-order valence-corrected chi connectivity index (χ3v) is 10.6. The zero-order chi connectivity index (χ0) is 23.6. The van der Waals surface area contributed by atoms with Crippen LogP contribution in [0.25, 0.3) is 11.1 Å². The van der Waals surface area contributed by atoms with Crippen LogP contribution in [0.15, 0.2) is 42.5 Å². The van der Waals surface area contributed by atoms with E-state index in [2.05, 4.69) is 33.9 Å². The average molecular weight is 446 g/mol. The SMILES string of the molecule is CC(C)(C)N(Cc1cccc(-c2cccc(CO[Si](C)(C)C(C)(C)C)c2)c1F)C(=O)O. The van der Waals surface area contributed by atoms with Gasteiger partial charge in [0.2, 0.25) is 0 Å². The van der Waals surface area contributed by atoms with Gasteiger partial charge in [0.05, 0.1) is 13.2 Å². The Morgan fingerprint density at radius 1 is 1.06 bits per heavy atom. The molecular weight excluding hydrogens is 409 g/mol. The molecule has 4 nitrogen and oxygen atoms in total. The van der Waals surface area contributed by atoms with Crippen LogP contribution in [0.1, 0.15) is 52.7 Å². The number of benzene rings is 2. The summed E-state index contributed by atoms with van der Waals surface area (Å²) < 4.78 is 21.7. The number of hydrogen-bond acceptors (Lipinski definition) is 2. The number of rotatable bonds is 6. The number of halogens is 1. The first-order valence-corrected chi connectivity index (χ1v) is 13.6. The van der Waals surface area contributed by atoms with Crippen LogP contribution in [0.4, 0.5) is 9.18 Å². The van der Waals surface area contributed by atoms with E-state index in [9.17, 15) is 9.90 Å². The molecule has 0 radical (unpaired) electrons. The van der Waals surface area contributed by atoms with E-state index in [1.165, 1.54) is 4.90 Å². The Kier molecular flexibility index (Phi) is 7.38. The van der Waals surface area contributed by atoms with Crippen molar-refractivity contribution < 1.29 is 18.7 Å². The van der Waals surface area contributed by atoms with E-state index >= 15 is 4.39 Å². The van der Waals surface area contributed by atoms with Crippen LogP contribution < -0.4 is 0 Å². The van der Waals surface area contributed by atoms with Crippen molar-refractivity contribution in [3.8, 4) is 11.1 Å². The van der Waals surface area contributed by atoms with Gasteiger partial charge in [0.1, 0.15) is 5.82 Å². The fourth-order valence-corrected chi connectivity index (χ4v) is 3.96. The molecule has 0 spiro atoms. The van der Waals surface area contributed by atoms with Crippen LogP contribution in [0, 0.1) is 5.82 Å². The molecule has 0 heterocycles. The third-order valence-electron chi connectivity index (χ3n) is 6.09. The molecule has 0 unspecified atom stereocenters. The lowest BCUT2D eigenvalue weighted by molar-refractivity contribution is 0.0949. The van der Waals surface area contributed by atoms with Crippen molar-refractivity contribution in [2.45, 2.75) is 78.4 Å². The van der Waals surface area contributed by atoms with E-state index in [1.54, 1.807) is 39.0 Å². The summed E-state index contributed by atoms with van der Waals surface area (Å²) in [4.78, 5) is 12.9. The first kappa shape index (κ1) is 25.1. The largest absolute Gasteiger partial charge is 0.465 e. The van der Waals surface area contributed by atoms with Crippen LogP contribution in [0.3, 0.4) is 0 Å². The van der Waals surface area contributed by atoms with Crippen LogP contribution in [0.5, 0.6) is 0 Å². The lowest BCUT2D eigenvalue weighted by Gasteiger charge is -2.36. The smallest absolute Gasteiger partial charge is 0.408 e. The number of amides is 1. The van der Waals surface area contributed by atoms with Gasteiger partial charge in [0, 0.05) is 16.7 Å². The topological polar surface area (TPSA) is 49.8 Å². The standard InChI is InChI=1S/C25H36FNO3Si/c1-24(2,3)27(23(28)29)16-20-13-10-14-21(22(20)26)19-12-9-11-18(15-19)17-30-31(7,8)25(4,5)6/h9-15H,16-17H2,1-8H3,(H,28,29). The zero-order valence-electron chi connectivity index (χ0n) is 20.0. The van der Waals surface area contributed by atoms with E-state index in [-0.39, 0.29) is 17.4 Å². The molecule has 0 atom stereocenters. The summed E-state index contributed by atoms with van der Waals surface area (Å²) in [5.41, 5.74) is 1.95. The van der Waals surface area contributed by atoms with E-state index in [0.29, 0.717) is 17.7 Å². The molecule has 0 bridgehead atoms. The molecule has 170 valence electrons. The van der Waals surface area contributed by atoms with E-state index < -0.39 is 19.9 Å². The summed E-state index contributed by atoms with van der Waals surface area (Å²) in [6.45, 7) is 16.9. The number of carbonyl (C=O) groups is 1. The molecule has 0 saturated carbocycles. The van der Waals surface area contributed by atoms with Crippen LogP contribution in [0.2, 0.25) is 18.1 Å². The maximum absolute atomic E-state index is 15.4. The molecule has 0 fully saturated rings. The Balaban J connectivity index is 2.31. The van der Waals surface area contributed by atoms with E-state index in [0.717, 1.165) is 11.1 Å². The summed E-state index contributed by atoms with van der Waals surface area (Å²) in [6.07, 6.45) is -1.07. The molecular formula is C25H36FNO3Si. The van der Waals surface area contributed by atoms with Gasteiger partial charge in [0.25, 0.3) is 0 Å². The minimum atomic E-state index is -1.89. The second kappa shape index (κ2) is 9.13.